The number of amides is 1. The molecule has 1 aromatic carbocycles. The average molecular weight is 380 g/mol. The number of fused-ring (bicyclic) bond motifs is 1. The van der Waals surface area contributed by atoms with Crippen LogP contribution in [0.4, 0.5) is 24.7 Å². The number of hydrogen-bond acceptors (Lipinski definition) is 4. The number of rotatable bonds is 5. The molecule has 144 valence electrons. The van der Waals surface area contributed by atoms with Crippen LogP contribution >= 0.6 is 0 Å². The predicted molar refractivity (Wildman–Crippen MR) is 93.8 cm³/mol. The number of hydrogen-bond donors (Lipinski definition) is 1. The van der Waals surface area contributed by atoms with Gasteiger partial charge >= 0.3 is 6.36 Å². The van der Waals surface area contributed by atoms with Gasteiger partial charge in [0.15, 0.2) is 0 Å². The molecule has 0 spiro atoms. The molecular weight excluding hydrogens is 361 g/mol. The van der Waals surface area contributed by atoms with Crippen molar-refractivity contribution in [1.29, 1.82) is 0 Å². The summed E-state index contributed by atoms with van der Waals surface area (Å²) in [4.78, 5) is 13.4. The van der Waals surface area contributed by atoms with Crippen molar-refractivity contribution in [2.24, 2.45) is 5.92 Å². The number of alkyl halides is 3. The molecule has 1 aliphatic heterocycles. The number of aryl methyl sites for hydroxylation is 1. The van der Waals surface area contributed by atoms with E-state index in [-0.39, 0.29) is 17.6 Å². The normalized spacial score (nSPS) is 16.6. The number of nitrogens with one attached hydrogen (secondary N) is 1. The maximum atomic E-state index is 12.3. The summed E-state index contributed by atoms with van der Waals surface area (Å²) in [6, 6.07) is 7.61. The van der Waals surface area contributed by atoms with E-state index in [2.05, 4.69) is 21.7 Å². The minimum Gasteiger partial charge on any atom is -0.406 e. The number of carbonyl (C=O) groups excluding carboxylic acids is 1. The second kappa shape index (κ2) is 7.34. The fourth-order valence-corrected chi connectivity index (χ4v) is 3.05. The molecular formula is C18H19F3N4O2. The van der Waals surface area contributed by atoms with Crippen molar-refractivity contribution in [2.45, 2.75) is 19.8 Å². The Balaban J connectivity index is 1.82. The van der Waals surface area contributed by atoms with Crippen molar-refractivity contribution >= 4 is 17.4 Å². The van der Waals surface area contributed by atoms with Crippen LogP contribution in [0.2, 0.25) is 0 Å². The molecule has 1 unspecified atom stereocenters. The monoisotopic (exact) mass is 380 g/mol. The second-order valence-electron chi connectivity index (χ2n) is 6.29. The summed E-state index contributed by atoms with van der Waals surface area (Å²) >= 11 is 0. The molecule has 1 aromatic heterocycles. The number of halogens is 3. The van der Waals surface area contributed by atoms with Gasteiger partial charge in [0.2, 0.25) is 5.91 Å². The summed E-state index contributed by atoms with van der Waals surface area (Å²) in [7, 11) is 0. The Morgan fingerprint density at radius 2 is 2.07 bits per heavy atom. The summed E-state index contributed by atoms with van der Waals surface area (Å²) < 4.78 is 42.8. The van der Waals surface area contributed by atoms with Crippen LogP contribution in [0, 0.1) is 12.8 Å². The molecule has 0 saturated heterocycles. The molecule has 6 nitrogen and oxygen atoms in total. The highest BCUT2D eigenvalue weighted by atomic mass is 19.4. The number of ether oxygens (including phenoxy) is 1. The second-order valence-corrected chi connectivity index (χ2v) is 6.29. The minimum absolute atomic E-state index is 0.0757. The molecule has 0 bridgehead atoms. The van der Waals surface area contributed by atoms with Gasteiger partial charge in [0.05, 0.1) is 5.69 Å². The molecule has 27 heavy (non-hydrogen) atoms. The Labute approximate surface area is 154 Å². The van der Waals surface area contributed by atoms with Crippen molar-refractivity contribution < 1.29 is 22.7 Å². The first-order valence-electron chi connectivity index (χ1n) is 8.33. The highest BCUT2D eigenvalue weighted by molar-refractivity contribution is 5.86. The lowest BCUT2D eigenvalue weighted by molar-refractivity contribution is -0.274. The summed E-state index contributed by atoms with van der Waals surface area (Å²) in [6.45, 7) is 6.96. The SMILES string of the molecule is C=CC(=O)NCC1CN(c2ccc(OC(F)(F)F)cc2)c2cc(C)nn2C1. The van der Waals surface area contributed by atoms with Gasteiger partial charge < -0.3 is 15.0 Å². The van der Waals surface area contributed by atoms with Crippen LogP contribution in [0.25, 0.3) is 0 Å². The van der Waals surface area contributed by atoms with Crippen molar-refractivity contribution in [2.75, 3.05) is 18.0 Å². The Bertz CT molecular complexity index is 830. The maximum Gasteiger partial charge on any atom is 0.573 e. The Hall–Kier alpha value is -2.97. The highest BCUT2D eigenvalue weighted by Crippen LogP contribution is 2.33. The number of anilines is 2. The third-order valence-electron chi connectivity index (χ3n) is 4.16. The average Bonchev–Trinajstić information content (AvgIpc) is 2.98. The molecule has 9 heteroatoms. The molecule has 1 atom stereocenters. The van der Waals surface area contributed by atoms with Crippen LogP contribution in [0.1, 0.15) is 5.69 Å². The molecule has 2 aromatic rings. The predicted octanol–water partition coefficient (Wildman–Crippen LogP) is 3.16. The van der Waals surface area contributed by atoms with Crippen molar-refractivity contribution in [3.8, 4) is 5.75 Å². The number of benzene rings is 1. The van der Waals surface area contributed by atoms with Crippen LogP contribution in [-0.2, 0) is 11.3 Å². The number of aromatic nitrogens is 2. The van der Waals surface area contributed by atoms with Gasteiger partial charge in [0.1, 0.15) is 11.6 Å². The van der Waals surface area contributed by atoms with Gasteiger partial charge in [-0.3, -0.25) is 4.79 Å². The lowest BCUT2D eigenvalue weighted by Gasteiger charge is -2.34. The Morgan fingerprint density at radius 3 is 2.70 bits per heavy atom. The zero-order chi connectivity index (χ0) is 19.6. The Morgan fingerprint density at radius 1 is 1.37 bits per heavy atom. The molecule has 0 radical (unpaired) electrons. The van der Waals surface area contributed by atoms with Crippen LogP contribution in [0.15, 0.2) is 43.0 Å². The van der Waals surface area contributed by atoms with E-state index in [1.807, 2.05) is 22.6 Å². The van der Waals surface area contributed by atoms with Crippen molar-refractivity contribution in [3.63, 3.8) is 0 Å². The third kappa shape index (κ3) is 4.60. The Kier molecular flexibility index (Phi) is 5.11. The molecule has 0 saturated carbocycles. The van der Waals surface area contributed by atoms with Gasteiger partial charge in [-0.05, 0) is 37.3 Å². The fourth-order valence-electron chi connectivity index (χ4n) is 3.05. The molecule has 0 fully saturated rings. The van der Waals surface area contributed by atoms with Crippen LogP contribution in [0.5, 0.6) is 5.75 Å². The van der Waals surface area contributed by atoms with Gasteiger partial charge in [0, 0.05) is 37.3 Å². The third-order valence-corrected chi connectivity index (χ3v) is 4.16. The lowest BCUT2D eigenvalue weighted by atomic mass is 10.1. The smallest absolute Gasteiger partial charge is 0.406 e. The standard InChI is InChI=1S/C18H19F3N4O2/c1-3-16(26)22-9-13-10-24(17-8-12(2)23-25(17)11-13)14-4-6-15(7-5-14)27-18(19,20)21/h3-8,13H,1,9-11H2,2H3,(H,22,26). The highest BCUT2D eigenvalue weighted by Gasteiger charge is 2.31. The zero-order valence-corrected chi connectivity index (χ0v) is 14.7. The summed E-state index contributed by atoms with van der Waals surface area (Å²) in [5, 5.41) is 7.24. The van der Waals surface area contributed by atoms with Crippen LogP contribution in [-0.4, -0.2) is 35.1 Å². The lowest BCUT2D eigenvalue weighted by Crippen LogP contribution is -2.41. The van der Waals surface area contributed by atoms with Gasteiger partial charge in [-0.2, -0.15) is 5.10 Å². The quantitative estimate of drug-likeness (QED) is 0.810. The van der Waals surface area contributed by atoms with Gasteiger partial charge in [-0.1, -0.05) is 6.58 Å². The van der Waals surface area contributed by atoms with E-state index in [1.54, 1.807) is 12.1 Å². The van der Waals surface area contributed by atoms with E-state index >= 15 is 0 Å². The topological polar surface area (TPSA) is 59.4 Å². The van der Waals surface area contributed by atoms with Gasteiger partial charge in [0.25, 0.3) is 0 Å². The molecule has 0 aliphatic carbocycles. The molecule has 1 aliphatic rings. The first-order chi connectivity index (χ1) is 12.7. The van der Waals surface area contributed by atoms with E-state index < -0.39 is 6.36 Å². The fraction of sp³-hybridized carbons (Fsp3) is 0.333. The molecule has 1 amide bonds. The number of carbonyl (C=O) groups is 1. The first-order valence-corrected chi connectivity index (χ1v) is 8.33. The van der Waals surface area contributed by atoms with E-state index in [4.69, 9.17) is 0 Å². The number of nitrogens with zero attached hydrogens (tertiary/aromatic N) is 3. The summed E-state index contributed by atoms with van der Waals surface area (Å²) in [6.07, 6.45) is -3.51. The zero-order valence-electron chi connectivity index (χ0n) is 14.7. The molecule has 2 heterocycles. The largest absolute Gasteiger partial charge is 0.573 e. The minimum atomic E-state index is -4.73. The van der Waals surface area contributed by atoms with Gasteiger partial charge in [-0.25, -0.2) is 4.68 Å². The molecule has 1 N–H and O–H groups in total. The summed E-state index contributed by atoms with van der Waals surface area (Å²) in [5.41, 5.74) is 1.55. The van der Waals surface area contributed by atoms with Crippen LogP contribution < -0.4 is 15.0 Å². The van der Waals surface area contributed by atoms with Crippen LogP contribution in [0.3, 0.4) is 0 Å². The van der Waals surface area contributed by atoms with Crippen molar-refractivity contribution in [3.05, 3.63) is 48.7 Å². The first kappa shape index (κ1) is 18.8. The molecule has 3 rings (SSSR count). The van der Waals surface area contributed by atoms with Gasteiger partial charge in [-0.15, -0.1) is 13.2 Å². The summed E-state index contributed by atoms with van der Waals surface area (Å²) in [5.74, 6) is 0.399. The van der Waals surface area contributed by atoms with Crippen molar-refractivity contribution in [1.82, 2.24) is 15.1 Å². The van der Waals surface area contributed by atoms with E-state index in [0.717, 1.165) is 11.5 Å². The van der Waals surface area contributed by atoms with E-state index in [1.165, 1.54) is 18.2 Å². The maximum absolute atomic E-state index is 12.3. The van der Waals surface area contributed by atoms with E-state index in [9.17, 15) is 18.0 Å². The van der Waals surface area contributed by atoms with E-state index in [0.29, 0.717) is 25.3 Å².